The Balaban J connectivity index is 0.912. The molecule has 0 aliphatic rings. The molecule has 272 valence electrons. The van der Waals surface area contributed by atoms with Crippen molar-refractivity contribution in [3.05, 3.63) is 224 Å². The summed E-state index contributed by atoms with van der Waals surface area (Å²) in [4.78, 5) is 2.35. The van der Waals surface area contributed by atoms with Gasteiger partial charge in [-0.25, -0.2) is 0 Å². The van der Waals surface area contributed by atoms with Crippen LogP contribution in [0.5, 0.6) is 0 Å². The van der Waals surface area contributed by atoms with Crippen LogP contribution >= 0.6 is 11.3 Å². The van der Waals surface area contributed by atoms with Gasteiger partial charge in [0.05, 0.1) is 5.69 Å². The highest BCUT2D eigenvalue weighted by atomic mass is 32.1. The Kier molecular flexibility index (Phi) is 8.42. The smallest absolute Gasteiger partial charge is 0.0540 e. The lowest BCUT2D eigenvalue weighted by Gasteiger charge is -2.27. The van der Waals surface area contributed by atoms with E-state index in [9.17, 15) is 0 Å². The normalized spacial score (nSPS) is 11.4. The molecule has 0 bridgehead atoms. The summed E-state index contributed by atoms with van der Waals surface area (Å²) in [5.74, 6) is 0. The minimum Gasteiger partial charge on any atom is -0.310 e. The van der Waals surface area contributed by atoms with E-state index < -0.39 is 0 Å². The molecule has 0 atom stereocenters. The van der Waals surface area contributed by atoms with Gasteiger partial charge in [0, 0.05) is 42.5 Å². The van der Waals surface area contributed by atoms with Crippen molar-refractivity contribution in [1.29, 1.82) is 0 Å². The second-order valence-electron chi connectivity index (χ2n) is 14.9. The van der Waals surface area contributed by atoms with Gasteiger partial charge in [-0.1, -0.05) is 188 Å². The zero-order valence-electron chi connectivity index (χ0n) is 31.7. The number of hydrogen-bond donors (Lipinski definition) is 0. The number of rotatable bonds is 7. The van der Waals surface area contributed by atoms with Crippen molar-refractivity contribution in [1.82, 2.24) is 0 Å². The molecule has 0 spiro atoms. The summed E-state index contributed by atoms with van der Waals surface area (Å²) in [6.45, 7) is 0. The van der Waals surface area contributed by atoms with Crippen LogP contribution in [0.1, 0.15) is 0 Å². The molecular formula is C56H37NS. The van der Waals surface area contributed by atoms with E-state index in [2.05, 4.69) is 229 Å². The van der Waals surface area contributed by atoms with Gasteiger partial charge >= 0.3 is 0 Å². The first-order valence-corrected chi connectivity index (χ1v) is 20.7. The fourth-order valence-electron chi connectivity index (χ4n) is 8.65. The van der Waals surface area contributed by atoms with Crippen molar-refractivity contribution < 1.29 is 0 Å². The molecule has 0 N–H and O–H groups in total. The number of fused-ring (bicyclic) bond motifs is 5. The molecule has 1 aromatic heterocycles. The highest BCUT2D eigenvalue weighted by Gasteiger charge is 2.17. The van der Waals surface area contributed by atoms with Crippen molar-refractivity contribution in [2.45, 2.75) is 0 Å². The molecule has 2 heteroatoms. The molecule has 0 saturated carbocycles. The van der Waals surface area contributed by atoms with Crippen molar-refractivity contribution in [3.8, 4) is 44.5 Å². The van der Waals surface area contributed by atoms with Gasteiger partial charge < -0.3 is 4.90 Å². The molecule has 0 radical (unpaired) electrons. The van der Waals surface area contributed by atoms with Crippen LogP contribution in [-0.4, -0.2) is 0 Å². The van der Waals surface area contributed by atoms with Crippen LogP contribution in [0.25, 0.3) is 86.2 Å². The molecule has 0 unspecified atom stereocenters. The maximum atomic E-state index is 2.35. The van der Waals surface area contributed by atoms with Crippen molar-refractivity contribution in [3.63, 3.8) is 0 Å². The van der Waals surface area contributed by atoms with Crippen LogP contribution in [0.3, 0.4) is 0 Å². The SMILES string of the molecule is c1ccc(N(c2ccc(-c3ccc(-c4cccc(-c5cccc6c5sc5c(-c7cccc8ccccc78)cccc56)c4)cc3)cc2)c2cccc3ccccc23)cc1. The van der Waals surface area contributed by atoms with E-state index >= 15 is 0 Å². The minimum atomic E-state index is 1.12. The van der Waals surface area contributed by atoms with Gasteiger partial charge in [-0.05, 0) is 91.5 Å². The first-order chi connectivity index (χ1) is 28.8. The Labute approximate surface area is 342 Å². The zero-order valence-corrected chi connectivity index (χ0v) is 32.5. The van der Waals surface area contributed by atoms with E-state index in [4.69, 9.17) is 0 Å². The Morgan fingerprint density at radius 2 is 0.741 bits per heavy atom. The maximum absolute atomic E-state index is 2.35. The molecule has 0 amide bonds. The van der Waals surface area contributed by atoms with E-state index in [-0.39, 0.29) is 0 Å². The van der Waals surface area contributed by atoms with E-state index in [1.807, 2.05) is 11.3 Å². The summed E-state index contributed by atoms with van der Waals surface area (Å²) >= 11 is 1.91. The number of thiophene rings is 1. The molecule has 0 aliphatic heterocycles. The zero-order chi connectivity index (χ0) is 38.4. The van der Waals surface area contributed by atoms with Crippen molar-refractivity contribution >= 4 is 70.1 Å². The van der Waals surface area contributed by atoms with Crippen LogP contribution in [0.15, 0.2) is 224 Å². The van der Waals surface area contributed by atoms with Crippen LogP contribution in [-0.2, 0) is 0 Å². The molecule has 0 fully saturated rings. The largest absolute Gasteiger partial charge is 0.310 e. The molecule has 1 nitrogen and oxygen atoms in total. The predicted octanol–water partition coefficient (Wildman–Crippen LogP) is 16.5. The first-order valence-electron chi connectivity index (χ1n) is 19.8. The molecule has 10 aromatic carbocycles. The Morgan fingerprint density at radius 1 is 0.276 bits per heavy atom. The number of benzene rings is 10. The van der Waals surface area contributed by atoms with E-state index in [0.717, 1.165) is 17.1 Å². The number of nitrogens with zero attached hydrogens (tertiary/aromatic N) is 1. The third-order valence-corrected chi connectivity index (χ3v) is 12.8. The standard InChI is InChI=1S/C56H37NS/c1-2-19-45(20-3-1)57(54-28-10-16-42-14-5-7-22-48(42)54)46-35-33-39(34-36-46)38-29-31-40(32-30-38)43-17-8-18-44(37-43)49-23-11-26-52-53-27-12-25-51(56(53)58-55(49)52)50-24-9-15-41-13-4-6-21-47(41)50/h1-37H. The Hall–Kier alpha value is -7.26. The van der Waals surface area contributed by atoms with Crippen LogP contribution in [0, 0.1) is 0 Å². The third-order valence-electron chi connectivity index (χ3n) is 11.5. The number of para-hydroxylation sites is 1. The van der Waals surface area contributed by atoms with E-state index in [1.165, 1.54) is 86.2 Å². The fraction of sp³-hybridized carbons (Fsp3) is 0. The fourth-order valence-corrected chi connectivity index (χ4v) is 10.0. The first kappa shape index (κ1) is 34.0. The summed E-state index contributed by atoms with van der Waals surface area (Å²) in [5.41, 5.74) is 13.3. The quantitative estimate of drug-likeness (QED) is 0.157. The van der Waals surface area contributed by atoms with Gasteiger partial charge in [-0.15, -0.1) is 11.3 Å². The van der Waals surface area contributed by atoms with E-state index in [0.29, 0.717) is 0 Å². The maximum Gasteiger partial charge on any atom is 0.0540 e. The lowest BCUT2D eigenvalue weighted by atomic mass is 9.95. The number of anilines is 3. The minimum absolute atomic E-state index is 1.12. The molecule has 0 saturated heterocycles. The monoisotopic (exact) mass is 755 g/mol. The average molecular weight is 756 g/mol. The molecule has 58 heavy (non-hydrogen) atoms. The molecule has 1 heterocycles. The second kappa shape index (κ2) is 14.4. The van der Waals surface area contributed by atoms with Crippen LogP contribution < -0.4 is 4.90 Å². The number of hydrogen-bond acceptors (Lipinski definition) is 2. The van der Waals surface area contributed by atoms with Gasteiger partial charge in [0.1, 0.15) is 0 Å². The topological polar surface area (TPSA) is 3.24 Å². The Morgan fingerprint density at radius 3 is 1.48 bits per heavy atom. The highest BCUT2D eigenvalue weighted by Crippen LogP contribution is 2.45. The highest BCUT2D eigenvalue weighted by molar-refractivity contribution is 7.26. The third kappa shape index (κ3) is 5.94. The molecule has 11 rings (SSSR count). The van der Waals surface area contributed by atoms with Gasteiger partial charge in [0.15, 0.2) is 0 Å². The molecule has 11 aromatic rings. The van der Waals surface area contributed by atoms with Gasteiger partial charge in [-0.3, -0.25) is 0 Å². The van der Waals surface area contributed by atoms with Crippen molar-refractivity contribution in [2.75, 3.05) is 4.90 Å². The van der Waals surface area contributed by atoms with Crippen LogP contribution in [0.2, 0.25) is 0 Å². The van der Waals surface area contributed by atoms with E-state index in [1.54, 1.807) is 0 Å². The average Bonchev–Trinajstić information content (AvgIpc) is 3.69. The second-order valence-corrected chi connectivity index (χ2v) is 15.9. The summed E-state index contributed by atoms with van der Waals surface area (Å²) in [5, 5.41) is 7.63. The van der Waals surface area contributed by atoms with Crippen LogP contribution in [0.4, 0.5) is 17.1 Å². The van der Waals surface area contributed by atoms with Gasteiger partial charge in [-0.2, -0.15) is 0 Å². The predicted molar refractivity (Wildman–Crippen MR) is 251 cm³/mol. The summed E-state index contributed by atoms with van der Waals surface area (Å²) in [7, 11) is 0. The molecular weight excluding hydrogens is 719 g/mol. The van der Waals surface area contributed by atoms with Gasteiger partial charge in [0.25, 0.3) is 0 Å². The molecule has 0 aliphatic carbocycles. The summed E-state index contributed by atoms with van der Waals surface area (Å²) in [6.07, 6.45) is 0. The lowest BCUT2D eigenvalue weighted by Crippen LogP contribution is -2.10. The Bertz CT molecular complexity index is 3260. The van der Waals surface area contributed by atoms with Crippen molar-refractivity contribution in [2.24, 2.45) is 0 Å². The lowest BCUT2D eigenvalue weighted by molar-refractivity contribution is 1.30. The van der Waals surface area contributed by atoms with Gasteiger partial charge in [0.2, 0.25) is 0 Å². The summed E-state index contributed by atoms with van der Waals surface area (Å²) in [6, 6.07) is 81.6. The summed E-state index contributed by atoms with van der Waals surface area (Å²) < 4.78 is 2.66.